The average Bonchev–Trinajstić information content (AvgIpc) is 3.30. The molecule has 0 radical (unpaired) electrons. The van der Waals surface area contributed by atoms with E-state index in [1.807, 2.05) is 41.1 Å². The van der Waals surface area contributed by atoms with Gasteiger partial charge in [-0.1, -0.05) is 35.5 Å². The van der Waals surface area contributed by atoms with Crippen molar-refractivity contribution in [2.45, 2.75) is 25.9 Å². The van der Waals surface area contributed by atoms with Crippen molar-refractivity contribution in [2.75, 3.05) is 18.9 Å². The van der Waals surface area contributed by atoms with Crippen LogP contribution in [0.15, 0.2) is 53.4 Å². The summed E-state index contributed by atoms with van der Waals surface area (Å²) in [5.74, 6) is 0.169. The molecule has 3 rings (SSSR count). The summed E-state index contributed by atoms with van der Waals surface area (Å²) in [7, 11) is 1.53. The van der Waals surface area contributed by atoms with Crippen LogP contribution in [0, 0.1) is 6.92 Å². The number of carbonyl (C=O) groups excluding carboxylic acids is 2. The molecule has 29 heavy (non-hydrogen) atoms. The van der Waals surface area contributed by atoms with E-state index >= 15 is 0 Å². The summed E-state index contributed by atoms with van der Waals surface area (Å²) in [4.78, 5) is 30.2. The van der Waals surface area contributed by atoms with Gasteiger partial charge in [-0.05, 0) is 12.5 Å². The molecule has 0 unspecified atom stereocenters. The lowest BCUT2D eigenvalue weighted by molar-refractivity contribution is -0.134. The molecule has 1 aromatic carbocycles. The van der Waals surface area contributed by atoms with E-state index in [0.29, 0.717) is 18.1 Å². The Morgan fingerprint density at radius 3 is 2.76 bits per heavy atom. The minimum atomic E-state index is -0.790. The lowest BCUT2D eigenvalue weighted by Crippen LogP contribution is -2.45. The van der Waals surface area contributed by atoms with Crippen molar-refractivity contribution in [3.05, 3.63) is 65.9 Å². The molecule has 0 bridgehead atoms. The highest BCUT2D eigenvalue weighted by Gasteiger charge is 2.21. The highest BCUT2D eigenvalue weighted by Crippen LogP contribution is 2.08. The second-order valence-corrected chi connectivity index (χ2v) is 6.90. The molecule has 1 atom stereocenters. The summed E-state index contributed by atoms with van der Waals surface area (Å²) in [6.07, 6.45) is 3.88. The first-order chi connectivity index (χ1) is 13.9. The Kier molecular flexibility index (Phi) is 6.40. The van der Waals surface area contributed by atoms with Crippen LogP contribution >= 0.6 is 0 Å². The SMILES string of the molecule is Cc1cc(NC(=O)CN(C)C(=O)[C@@H](N)Cc2cn(Cc3ccccc3)cn2)no1. The second kappa shape index (κ2) is 9.16. The molecular weight excluding hydrogens is 372 g/mol. The molecule has 0 fully saturated rings. The van der Waals surface area contributed by atoms with Crippen LogP contribution < -0.4 is 11.1 Å². The van der Waals surface area contributed by atoms with Gasteiger partial charge in [0.25, 0.3) is 0 Å². The monoisotopic (exact) mass is 396 g/mol. The fraction of sp³-hybridized carbons (Fsp3) is 0.300. The Balaban J connectivity index is 1.50. The first-order valence-electron chi connectivity index (χ1n) is 9.19. The number of benzene rings is 1. The Labute approximate surface area is 168 Å². The zero-order chi connectivity index (χ0) is 20.8. The van der Waals surface area contributed by atoms with E-state index in [9.17, 15) is 9.59 Å². The highest BCUT2D eigenvalue weighted by molar-refractivity contribution is 5.94. The zero-order valence-electron chi connectivity index (χ0n) is 16.4. The first-order valence-corrected chi connectivity index (χ1v) is 9.19. The van der Waals surface area contributed by atoms with Crippen molar-refractivity contribution < 1.29 is 14.1 Å². The third-order valence-corrected chi connectivity index (χ3v) is 4.29. The van der Waals surface area contributed by atoms with E-state index in [1.54, 1.807) is 19.3 Å². The summed E-state index contributed by atoms with van der Waals surface area (Å²) in [6, 6.07) is 10.8. The number of nitrogens with zero attached hydrogens (tertiary/aromatic N) is 4. The van der Waals surface area contributed by atoms with Crippen molar-refractivity contribution in [2.24, 2.45) is 5.73 Å². The maximum atomic E-state index is 12.5. The van der Waals surface area contributed by atoms with E-state index in [1.165, 1.54) is 11.9 Å². The van der Waals surface area contributed by atoms with Crippen LogP contribution in [-0.2, 0) is 22.6 Å². The number of aryl methyl sites for hydroxylation is 1. The van der Waals surface area contributed by atoms with Crippen LogP contribution in [0.3, 0.4) is 0 Å². The molecule has 0 saturated carbocycles. The fourth-order valence-electron chi connectivity index (χ4n) is 2.89. The van der Waals surface area contributed by atoms with Gasteiger partial charge in [0.15, 0.2) is 5.82 Å². The van der Waals surface area contributed by atoms with Crippen LogP contribution in [0.1, 0.15) is 17.0 Å². The number of hydrogen-bond acceptors (Lipinski definition) is 6. The Hall–Kier alpha value is -3.46. The molecule has 0 saturated heterocycles. The minimum Gasteiger partial charge on any atom is -0.360 e. The molecule has 0 spiro atoms. The lowest BCUT2D eigenvalue weighted by atomic mass is 10.1. The van der Waals surface area contributed by atoms with Gasteiger partial charge in [0.05, 0.1) is 24.6 Å². The largest absolute Gasteiger partial charge is 0.360 e. The molecule has 9 nitrogen and oxygen atoms in total. The van der Waals surface area contributed by atoms with E-state index < -0.39 is 6.04 Å². The standard InChI is InChI=1S/C20H24N6O3/c1-14-8-18(24-29-14)23-19(27)12-25(2)20(28)17(21)9-16-11-26(13-22-16)10-15-6-4-3-5-7-15/h3-8,11,13,17H,9-10,12,21H2,1-2H3,(H,23,24,27)/t17-/m0/s1. The third kappa shape index (κ3) is 5.76. The van der Waals surface area contributed by atoms with Gasteiger partial charge in [0.2, 0.25) is 11.8 Å². The second-order valence-electron chi connectivity index (χ2n) is 6.90. The predicted octanol–water partition coefficient (Wildman–Crippen LogP) is 1.19. The van der Waals surface area contributed by atoms with Gasteiger partial charge in [-0.3, -0.25) is 9.59 Å². The quantitative estimate of drug-likeness (QED) is 0.590. The Morgan fingerprint density at radius 1 is 1.31 bits per heavy atom. The summed E-state index contributed by atoms with van der Waals surface area (Å²) in [5.41, 5.74) is 7.92. The molecule has 9 heteroatoms. The number of imidazole rings is 1. The molecule has 2 amide bonds. The summed E-state index contributed by atoms with van der Waals surface area (Å²) in [5, 5.41) is 6.25. The summed E-state index contributed by atoms with van der Waals surface area (Å²) >= 11 is 0. The molecule has 3 aromatic rings. The number of aromatic nitrogens is 3. The van der Waals surface area contributed by atoms with Crippen LogP contribution in [0.4, 0.5) is 5.82 Å². The van der Waals surface area contributed by atoms with Gasteiger partial charge in [-0.15, -0.1) is 0 Å². The van der Waals surface area contributed by atoms with Gasteiger partial charge < -0.3 is 25.0 Å². The highest BCUT2D eigenvalue weighted by atomic mass is 16.5. The molecule has 0 aliphatic heterocycles. The molecule has 2 aromatic heterocycles. The number of anilines is 1. The summed E-state index contributed by atoms with van der Waals surface area (Å²) < 4.78 is 6.83. The number of hydrogen-bond donors (Lipinski definition) is 2. The van der Waals surface area contributed by atoms with Crippen molar-refractivity contribution >= 4 is 17.6 Å². The van der Waals surface area contributed by atoms with Crippen molar-refractivity contribution in [1.82, 2.24) is 19.6 Å². The van der Waals surface area contributed by atoms with E-state index in [2.05, 4.69) is 15.5 Å². The molecule has 2 heterocycles. The molecule has 3 N–H and O–H groups in total. The Morgan fingerprint density at radius 2 is 2.07 bits per heavy atom. The van der Waals surface area contributed by atoms with E-state index in [-0.39, 0.29) is 24.8 Å². The van der Waals surface area contributed by atoms with Crippen molar-refractivity contribution in [3.8, 4) is 0 Å². The van der Waals surface area contributed by atoms with Crippen LogP contribution in [0.25, 0.3) is 0 Å². The van der Waals surface area contributed by atoms with Crippen LogP contribution in [0.5, 0.6) is 0 Å². The average molecular weight is 396 g/mol. The normalized spacial score (nSPS) is 11.8. The van der Waals surface area contributed by atoms with Gasteiger partial charge in [0, 0.05) is 32.3 Å². The van der Waals surface area contributed by atoms with Gasteiger partial charge >= 0.3 is 0 Å². The van der Waals surface area contributed by atoms with Gasteiger partial charge in [0.1, 0.15) is 5.76 Å². The topological polar surface area (TPSA) is 119 Å². The van der Waals surface area contributed by atoms with Crippen molar-refractivity contribution in [1.29, 1.82) is 0 Å². The predicted molar refractivity (Wildman–Crippen MR) is 107 cm³/mol. The van der Waals surface area contributed by atoms with Crippen LogP contribution in [-0.4, -0.2) is 51.1 Å². The summed E-state index contributed by atoms with van der Waals surface area (Å²) in [6.45, 7) is 2.28. The van der Waals surface area contributed by atoms with Crippen LogP contribution in [0.2, 0.25) is 0 Å². The minimum absolute atomic E-state index is 0.138. The lowest BCUT2D eigenvalue weighted by Gasteiger charge is -2.20. The molecule has 152 valence electrons. The third-order valence-electron chi connectivity index (χ3n) is 4.29. The van der Waals surface area contributed by atoms with E-state index in [4.69, 9.17) is 10.3 Å². The first kappa shape index (κ1) is 20.3. The number of nitrogens with one attached hydrogen (secondary N) is 1. The van der Waals surface area contributed by atoms with Gasteiger partial charge in [-0.2, -0.15) is 0 Å². The maximum absolute atomic E-state index is 12.5. The Bertz CT molecular complexity index is 966. The number of amides is 2. The smallest absolute Gasteiger partial charge is 0.245 e. The number of likely N-dealkylation sites (N-methyl/N-ethyl adjacent to an activating group) is 1. The molecule has 0 aliphatic carbocycles. The number of nitrogens with two attached hydrogens (primary N) is 1. The van der Waals surface area contributed by atoms with Gasteiger partial charge in [-0.25, -0.2) is 4.98 Å². The fourth-order valence-corrected chi connectivity index (χ4v) is 2.89. The number of rotatable bonds is 8. The van der Waals surface area contributed by atoms with E-state index in [0.717, 1.165) is 11.3 Å². The molecule has 0 aliphatic rings. The number of carbonyl (C=O) groups is 2. The van der Waals surface area contributed by atoms with Crippen molar-refractivity contribution in [3.63, 3.8) is 0 Å². The maximum Gasteiger partial charge on any atom is 0.245 e. The molecular formula is C20H24N6O3. The zero-order valence-corrected chi connectivity index (χ0v) is 16.4.